The maximum atomic E-state index is 12.4. The van der Waals surface area contributed by atoms with Gasteiger partial charge in [-0.15, -0.1) is 0 Å². The first-order valence-electron chi connectivity index (χ1n) is 38.4. The minimum atomic E-state index is -0.775. The van der Waals surface area contributed by atoms with Gasteiger partial charge in [-0.05, 0) is 103 Å². The van der Waals surface area contributed by atoms with Crippen molar-refractivity contribution >= 4 is 11.9 Å². The number of carbonyl (C=O) groups excluding carboxylic acids is 2. The van der Waals surface area contributed by atoms with Crippen LogP contribution in [0.4, 0.5) is 0 Å². The van der Waals surface area contributed by atoms with E-state index in [4.69, 9.17) is 9.47 Å². The number of rotatable bonds is 71. The molecule has 508 valence electrons. The minimum Gasteiger partial charge on any atom is -0.462 e. The lowest BCUT2D eigenvalue weighted by atomic mass is 10.0. The molecule has 0 saturated heterocycles. The summed E-state index contributed by atoms with van der Waals surface area (Å²) in [5, 5.41) is 9.72. The van der Waals surface area contributed by atoms with Crippen LogP contribution >= 0.6 is 0 Å². The zero-order valence-corrected chi connectivity index (χ0v) is 58.5. The predicted octanol–water partition coefficient (Wildman–Crippen LogP) is 27.1. The van der Waals surface area contributed by atoms with Gasteiger partial charge in [-0.2, -0.15) is 0 Å². The number of hydrogen-bond donors (Lipinski definition) is 1. The third-order valence-electron chi connectivity index (χ3n) is 17.1. The van der Waals surface area contributed by atoms with Gasteiger partial charge in [0.1, 0.15) is 6.61 Å². The fourth-order valence-corrected chi connectivity index (χ4v) is 11.3. The van der Waals surface area contributed by atoms with Gasteiger partial charge >= 0.3 is 11.9 Å². The molecule has 0 aromatic carbocycles. The van der Waals surface area contributed by atoms with Gasteiger partial charge in [-0.25, -0.2) is 0 Å². The van der Waals surface area contributed by atoms with E-state index in [-0.39, 0.29) is 25.2 Å². The van der Waals surface area contributed by atoms with Crippen LogP contribution in [0.1, 0.15) is 386 Å². The summed E-state index contributed by atoms with van der Waals surface area (Å²) in [6.45, 7) is 4.06. The van der Waals surface area contributed by atoms with E-state index in [1.54, 1.807) is 0 Å². The smallest absolute Gasteiger partial charge is 0.306 e. The highest BCUT2D eigenvalue weighted by atomic mass is 16.6. The van der Waals surface area contributed by atoms with E-state index in [9.17, 15) is 14.7 Å². The summed E-state index contributed by atoms with van der Waals surface area (Å²) in [7, 11) is 0. The molecule has 0 bridgehead atoms. The lowest BCUT2D eigenvalue weighted by molar-refractivity contribution is -0.161. The van der Waals surface area contributed by atoms with Crippen LogP contribution in [-0.4, -0.2) is 36.4 Å². The number of hydrogen-bond acceptors (Lipinski definition) is 5. The number of ether oxygens (including phenoxy) is 2. The van der Waals surface area contributed by atoms with Crippen LogP contribution in [0.2, 0.25) is 0 Å². The molecule has 88 heavy (non-hydrogen) atoms. The van der Waals surface area contributed by atoms with Gasteiger partial charge in [0.15, 0.2) is 6.10 Å². The number of aliphatic hydroxyl groups is 1. The summed E-state index contributed by atoms with van der Waals surface area (Å²) in [5.41, 5.74) is 0. The standard InChI is InChI=1S/C83H146O5/c1-3-5-7-9-11-13-15-17-19-21-23-25-27-29-31-33-35-37-38-39-40-41-42-43-44-46-48-50-52-54-56-58-60-62-64-66-68-70-72-74-76-78-83(86)88-81(79-84)80-87-82(85)77-75-73-71-69-67-65-63-61-59-57-55-53-51-49-47-45-36-34-32-30-28-26-24-22-20-18-16-14-12-10-8-6-4-2/h5,7,11,13,16-19,22-25,28-31,35,37,81,84H,3-4,6,8-10,12,14-15,20-21,26-27,32-34,36,38-80H2,1-2H3/b7-5-,13-11-,18-16-,19-17-,24-22-,25-23-,30-28-,31-29-,37-35-. The van der Waals surface area contributed by atoms with Gasteiger partial charge in [0, 0.05) is 12.8 Å². The SMILES string of the molecule is CC/C=C\C/C=C\C/C=C\C/C=C\C/C=C\C/C=C\CCCCCCCCCCCCCCCCCCCCCCCCC(=O)OC(CO)COC(=O)CCCCCCCCCCCCCCCCCCCC/C=C\C/C=C\C/C=C\CCCCCCC. The minimum absolute atomic E-state index is 0.0638. The summed E-state index contributed by atoms with van der Waals surface area (Å²) in [6, 6.07) is 0. The van der Waals surface area contributed by atoms with Crippen molar-refractivity contribution in [3.63, 3.8) is 0 Å². The maximum Gasteiger partial charge on any atom is 0.306 e. The second-order valence-corrected chi connectivity index (χ2v) is 25.7. The van der Waals surface area contributed by atoms with Crippen LogP contribution in [0, 0.1) is 0 Å². The van der Waals surface area contributed by atoms with Crippen molar-refractivity contribution in [2.75, 3.05) is 13.2 Å². The van der Waals surface area contributed by atoms with E-state index in [0.29, 0.717) is 12.8 Å². The van der Waals surface area contributed by atoms with Crippen LogP contribution in [0.15, 0.2) is 109 Å². The number of esters is 2. The lowest BCUT2D eigenvalue weighted by Gasteiger charge is -2.15. The topological polar surface area (TPSA) is 72.8 Å². The fraction of sp³-hybridized carbons (Fsp3) is 0.759. The molecule has 1 atom stereocenters. The first kappa shape index (κ1) is 84.6. The van der Waals surface area contributed by atoms with Crippen LogP contribution in [0.5, 0.6) is 0 Å². The van der Waals surface area contributed by atoms with Crippen molar-refractivity contribution in [1.29, 1.82) is 0 Å². The van der Waals surface area contributed by atoms with E-state index in [0.717, 1.165) is 89.9 Å². The average Bonchev–Trinajstić information content (AvgIpc) is 3.56. The fourth-order valence-electron chi connectivity index (χ4n) is 11.3. The molecule has 0 aromatic rings. The summed E-state index contributed by atoms with van der Waals surface area (Å²) >= 11 is 0. The van der Waals surface area contributed by atoms with Crippen molar-refractivity contribution in [2.45, 2.75) is 392 Å². The zero-order chi connectivity index (χ0) is 63.3. The van der Waals surface area contributed by atoms with Crippen molar-refractivity contribution in [2.24, 2.45) is 0 Å². The lowest BCUT2D eigenvalue weighted by Crippen LogP contribution is -2.28. The Bertz CT molecular complexity index is 1670. The quantitative estimate of drug-likeness (QED) is 0.0373. The number of allylic oxidation sites excluding steroid dienone is 18. The predicted molar refractivity (Wildman–Crippen MR) is 389 cm³/mol. The molecule has 1 unspecified atom stereocenters. The highest BCUT2D eigenvalue weighted by Gasteiger charge is 2.16. The van der Waals surface area contributed by atoms with Gasteiger partial charge in [0.05, 0.1) is 6.61 Å². The van der Waals surface area contributed by atoms with Crippen molar-refractivity contribution < 1.29 is 24.2 Å². The average molecular weight is 1220 g/mol. The monoisotopic (exact) mass is 1220 g/mol. The van der Waals surface area contributed by atoms with E-state index < -0.39 is 6.10 Å². The molecule has 5 nitrogen and oxygen atoms in total. The van der Waals surface area contributed by atoms with Crippen LogP contribution < -0.4 is 0 Å². The molecule has 0 heterocycles. The van der Waals surface area contributed by atoms with Crippen molar-refractivity contribution in [3.8, 4) is 0 Å². The first-order valence-corrected chi connectivity index (χ1v) is 38.4. The van der Waals surface area contributed by atoms with Crippen molar-refractivity contribution in [3.05, 3.63) is 109 Å². The summed E-state index contributed by atoms with van der Waals surface area (Å²) in [6.07, 6.45) is 113. The van der Waals surface area contributed by atoms with E-state index in [1.807, 2.05) is 0 Å². The summed E-state index contributed by atoms with van der Waals surface area (Å²) in [4.78, 5) is 24.7. The molecule has 0 aromatic heterocycles. The Kier molecular flexibility index (Phi) is 74.8. The molecule has 0 aliphatic heterocycles. The third-order valence-corrected chi connectivity index (χ3v) is 17.1. The molecular weight excluding hydrogens is 1080 g/mol. The summed E-state index contributed by atoms with van der Waals surface area (Å²) < 4.78 is 10.8. The Balaban J connectivity index is 3.42. The van der Waals surface area contributed by atoms with Gasteiger partial charge in [-0.3, -0.25) is 9.59 Å². The Morgan fingerprint density at radius 3 is 0.739 bits per heavy atom. The Hall–Kier alpha value is -3.44. The van der Waals surface area contributed by atoms with E-state index in [2.05, 4.69) is 123 Å². The molecular formula is C83H146O5. The van der Waals surface area contributed by atoms with E-state index in [1.165, 1.54) is 270 Å². The third kappa shape index (κ3) is 75.0. The molecule has 0 saturated carbocycles. The molecule has 1 N–H and O–H groups in total. The molecule has 0 spiro atoms. The van der Waals surface area contributed by atoms with Crippen molar-refractivity contribution in [1.82, 2.24) is 0 Å². The largest absolute Gasteiger partial charge is 0.462 e. The first-order chi connectivity index (χ1) is 43.6. The molecule has 0 radical (unpaired) electrons. The molecule has 0 aliphatic rings. The van der Waals surface area contributed by atoms with Gasteiger partial charge < -0.3 is 14.6 Å². The van der Waals surface area contributed by atoms with E-state index >= 15 is 0 Å². The highest BCUT2D eigenvalue weighted by molar-refractivity contribution is 5.70. The zero-order valence-electron chi connectivity index (χ0n) is 58.5. The number of aliphatic hydroxyl groups excluding tert-OH is 1. The Morgan fingerprint density at radius 1 is 0.273 bits per heavy atom. The molecule has 0 amide bonds. The van der Waals surface area contributed by atoms with Gasteiger partial charge in [0.25, 0.3) is 0 Å². The van der Waals surface area contributed by atoms with Crippen LogP contribution in [0.25, 0.3) is 0 Å². The van der Waals surface area contributed by atoms with Gasteiger partial charge in [-0.1, -0.05) is 380 Å². The van der Waals surface area contributed by atoms with Gasteiger partial charge in [0.2, 0.25) is 0 Å². The second kappa shape index (κ2) is 77.8. The maximum absolute atomic E-state index is 12.4. The highest BCUT2D eigenvalue weighted by Crippen LogP contribution is 2.19. The Labute approximate surface area is 548 Å². The van der Waals surface area contributed by atoms with Crippen LogP contribution in [-0.2, 0) is 19.1 Å². The molecule has 0 aliphatic carbocycles. The van der Waals surface area contributed by atoms with Crippen LogP contribution in [0.3, 0.4) is 0 Å². The molecule has 0 rings (SSSR count). The second-order valence-electron chi connectivity index (χ2n) is 25.7. The molecule has 0 fully saturated rings. The summed E-state index contributed by atoms with van der Waals surface area (Å²) in [5.74, 6) is -0.573. The molecule has 5 heteroatoms. The Morgan fingerprint density at radius 2 is 0.489 bits per heavy atom. The number of carbonyl (C=O) groups is 2. The normalized spacial score (nSPS) is 12.8. The number of unbranched alkanes of at least 4 members (excludes halogenated alkanes) is 45.